The Morgan fingerprint density at radius 1 is 1.41 bits per heavy atom. The summed E-state index contributed by atoms with van der Waals surface area (Å²) in [5.74, 6) is -0.362. The number of benzene rings is 1. The van der Waals surface area contributed by atoms with Gasteiger partial charge in [-0.3, -0.25) is 19.7 Å². The zero-order chi connectivity index (χ0) is 16.1. The number of nitro benzene ring substituents is 1. The van der Waals surface area contributed by atoms with Crippen LogP contribution in [0, 0.1) is 10.1 Å². The van der Waals surface area contributed by atoms with E-state index in [0.717, 1.165) is 5.56 Å². The van der Waals surface area contributed by atoms with E-state index in [0.29, 0.717) is 26.1 Å². The van der Waals surface area contributed by atoms with Gasteiger partial charge < -0.3 is 9.80 Å². The molecular formula is C15H17N3O4. The number of carbonyl (C=O) groups is 2. The van der Waals surface area contributed by atoms with Gasteiger partial charge in [0.2, 0.25) is 11.8 Å². The molecule has 0 saturated carbocycles. The van der Waals surface area contributed by atoms with Crippen molar-refractivity contribution in [3.05, 3.63) is 52.6 Å². The van der Waals surface area contributed by atoms with Gasteiger partial charge in [0.25, 0.3) is 5.69 Å². The van der Waals surface area contributed by atoms with Crippen LogP contribution in [0.5, 0.6) is 0 Å². The van der Waals surface area contributed by atoms with E-state index >= 15 is 0 Å². The van der Waals surface area contributed by atoms with Crippen LogP contribution in [0.1, 0.15) is 5.56 Å². The quantitative estimate of drug-likeness (QED) is 0.461. The summed E-state index contributed by atoms with van der Waals surface area (Å²) in [6, 6.07) is 6.39. The lowest BCUT2D eigenvalue weighted by Crippen LogP contribution is -2.52. The van der Waals surface area contributed by atoms with E-state index in [2.05, 4.69) is 6.58 Å². The first kappa shape index (κ1) is 15.7. The van der Waals surface area contributed by atoms with Gasteiger partial charge >= 0.3 is 0 Å². The van der Waals surface area contributed by atoms with Gasteiger partial charge in [0.1, 0.15) is 6.54 Å². The number of hydrogen-bond acceptors (Lipinski definition) is 4. The highest BCUT2D eigenvalue weighted by Gasteiger charge is 2.25. The van der Waals surface area contributed by atoms with Gasteiger partial charge in [-0.15, -0.1) is 0 Å². The molecule has 0 bridgehead atoms. The van der Waals surface area contributed by atoms with Crippen molar-refractivity contribution >= 4 is 17.5 Å². The monoisotopic (exact) mass is 303 g/mol. The molecule has 0 aliphatic carbocycles. The molecule has 7 nitrogen and oxygen atoms in total. The molecule has 2 rings (SSSR count). The average molecular weight is 303 g/mol. The molecule has 0 N–H and O–H groups in total. The summed E-state index contributed by atoms with van der Waals surface area (Å²) in [5.41, 5.74) is 0.858. The van der Waals surface area contributed by atoms with E-state index in [1.165, 1.54) is 23.1 Å². The van der Waals surface area contributed by atoms with E-state index in [1.807, 2.05) is 0 Å². The Labute approximate surface area is 128 Å². The highest BCUT2D eigenvalue weighted by Crippen LogP contribution is 2.14. The highest BCUT2D eigenvalue weighted by atomic mass is 16.6. The zero-order valence-electron chi connectivity index (χ0n) is 12.1. The SMILES string of the molecule is C=CC(=O)N1CCN(CCc2cccc([N+](=O)[O-])c2)C(=O)C1. The van der Waals surface area contributed by atoms with Crippen molar-refractivity contribution in [2.45, 2.75) is 6.42 Å². The maximum absolute atomic E-state index is 12.0. The van der Waals surface area contributed by atoms with E-state index in [4.69, 9.17) is 0 Å². The van der Waals surface area contributed by atoms with Crippen LogP contribution in [0.2, 0.25) is 0 Å². The molecule has 1 aliphatic heterocycles. The minimum absolute atomic E-state index is 0.0465. The molecule has 0 spiro atoms. The minimum Gasteiger partial charge on any atom is -0.339 e. The molecule has 1 fully saturated rings. The zero-order valence-corrected chi connectivity index (χ0v) is 12.1. The second-order valence-corrected chi connectivity index (χ2v) is 5.02. The number of carbonyl (C=O) groups excluding carboxylic acids is 2. The fourth-order valence-electron chi connectivity index (χ4n) is 2.35. The van der Waals surface area contributed by atoms with Crippen LogP contribution in [0.15, 0.2) is 36.9 Å². The molecule has 7 heteroatoms. The average Bonchev–Trinajstić information content (AvgIpc) is 2.53. The number of nitro groups is 1. The third-order valence-corrected chi connectivity index (χ3v) is 3.60. The maximum atomic E-state index is 12.0. The Hall–Kier alpha value is -2.70. The number of rotatable bonds is 5. The molecule has 2 amide bonds. The highest BCUT2D eigenvalue weighted by molar-refractivity contribution is 5.91. The molecule has 1 heterocycles. The van der Waals surface area contributed by atoms with Gasteiger partial charge in [-0.2, -0.15) is 0 Å². The molecule has 1 aromatic rings. The predicted octanol–water partition coefficient (Wildman–Crippen LogP) is 0.994. The summed E-state index contributed by atoms with van der Waals surface area (Å²) in [5, 5.41) is 10.7. The minimum atomic E-state index is -0.436. The van der Waals surface area contributed by atoms with Crippen LogP contribution >= 0.6 is 0 Å². The number of amides is 2. The third kappa shape index (κ3) is 3.69. The molecule has 0 atom stereocenters. The molecule has 0 radical (unpaired) electrons. The van der Waals surface area contributed by atoms with Gasteiger partial charge in [0.15, 0.2) is 0 Å². The van der Waals surface area contributed by atoms with Gasteiger partial charge in [0.05, 0.1) is 4.92 Å². The largest absolute Gasteiger partial charge is 0.339 e. The summed E-state index contributed by atoms with van der Waals surface area (Å²) in [6.07, 6.45) is 1.74. The van der Waals surface area contributed by atoms with Crippen LogP contribution in [-0.4, -0.2) is 52.7 Å². The van der Waals surface area contributed by atoms with Crippen molar-refractivity contribution in [2.24, 2.45) is 0 Å². The Morgan fingerprint density at radius 3 is 2.82 bits per heavy atom. The summed E-state index contributed by atoms with van der Waals surface area (Å²) in [7, 11) is 0. The van der Waals surface area contributed by atoms with Crippen LogP contribution in [0.4, 0.5) is 5.69 Å². The lowest BCUT2D eigenvalue weighted by molar-refractivity contribution is -0.384. The van der Waals surface area contributed by atoms with Crippen molar-refractivity contribution < 1.29 is 14.5 Å². The Balaban J connectivity index is 1.91. The first-order valence-corrected chi connectivity index (χ1v) is 6.93. The molecule has 116 valence electrons. The topological polar surface area (TPSA) is 83.8 Å². The second-order valence-electron chi connectivity index (χ2n) is 5.02. The van der Waals surface area contributed by atoms with E-state index in [9.17, 15) is 19.7 Å². The second kappa shape index (κ2) is 6.84. The number of piperazine rings is 1. The van der Waals surface area contributed by atoms with Crippen LogP contribution in [0.3, 0.4) is 0 Å². The molecular weight excluding hydrogens is 286 g/mol. The Bertz CT molecular complexity index is 615. The molecule has 1 aromatic carbocycles. The smallest absolute Gasteiger partial charge is 0.269 e. The van der Waals surface area contributed by atoms with Gasteiger partial charge in [0, 0.05) is 31.8 Å². The van der Waals surface area contributed by atoms with E-state index < -0.39 is 4.92 Å². The maximum Gasteiger partial charge on any atom is 0.269 e. The summed E-state index contributed by atoms with van der Waals surface area (Å²) in [4.78, 5) is 36.9. The predicted molar refractivity (Wildman–Crippen MR) is 80.2 cm³/mol. The van der Waals surface area contributed by atoms with Crippen molar-refractivity contribution in [2.75, 3.05) is 26.2 Å². The Morgan fingerprint density at radius 2 is 2.18 bits per heavy atom. The van der Waals surface area contributed by atoms with E-state index in [-0.39, 0.29) is 24.0 Å². The van der Waals surface area contributed by atoms with Crippen molar-refractivity contribution in [3.63, 3.8) is 0 Å². The lowest BCUT2D eigenvalue weighted by atomic mass is 10.1. The summed E-state index contributed by atoms with van der Waals surface area (Å²) >= 11 is 0. The molecule has 1 aliphatic rings. The number of hydrogen-bond donors (Lipinski definition) is 0. The summed E-state index contributed by atoms with van der Waals surface area (Å²) < 4.78 is 0. The van der Waals surface area contributed by atoms with Crippen LogP contribution in [0.25, 0.3) is 0 Å². The fraction of sp³-hybridized carbons (Fsp3) is 0.333. The third-order valence-electron chi connectivity index (χ3n) is 3.60. The normalized spacial score (nSPS) is 14.8. The number of non-ortho nitro benzene ring substituents is 1. The molecule has 0 unspecified atom stereocenters. The van der Waals surface area contributed by atoms with Gasteiger partial charge in [-0.1, -0.05) is 18.7 Å². The van der Waals surface area contributed by atoms with Crippen LogP contribution in [-0.2, 0) is 16.0 Å². The van der Waals surface area contributed by atoms with Gasteiger partial charge in [-0.05, 0) is 18.1 Å². The Kier molecular flexibility index (Phi) is 4.88. The molecule has 1 saturated heterocycles. The first-order valence-electron chi connectivity index (χ1n) is 6.93. The van der Waals surface area contributed by atoms with Crippen molar-refractivity contribution in [1.29, 1.82) is 0 Å². The van der Waals surface area contributed by atoms with E-state index in [1.54, 1.807) is 17.0 Å². The number of nitrogens with zero attached hydrogens (tertiary/aromatic N) is 3. The fourth-order valence-corrected chi connectivity index (χ4v) is 2.35. The summed E-state index contributed by atoms with van der Waals surface area (Å²) in [6.45, 7) is 4.89. The van der Waals surface area contributed by atoms with Gasteiger partial charge in [-0.25, -0.2) is 0 Å². The first-order chi connectivity index (χ1) is 10.5. The van der Waals surface area contributed by atoms with Crippen molar-refractivity contribution in [1.82, 2.24) is 9.80 Å². The molecule has 0 aromatic heterocycles. The molecule has 22 heavy (non-hydrogen) atoms. The standard InChI is InChI=1S/C15H17N3O4/c1-2-14(19)17-9-8-16(15(20)11-17)7-6-12-4-3-5-13(10-12)18(21)22/h2-5,10H,1,6-9,11H2. The van der Waals surface area contributed by atoms with Crippen molar-refractivity contribution in [3.8, 4) is 0 Å². The lowest BCUT2D eigenvalue weighted by Gasteiger charge is -2.33. The van der Waals surface area contributed by atoms with Crippen LogP contribution < -0.4 is 0 Å².